The Kier molecular flexibility index (Phi) is 6.16. The molecule has 1 heterocycles. The van der Waals surface area contributed by atoms with Crippen molar-refractivity contribution in [1.82, 2.24) is 4.90 Å². The zero-order valence-corrected chi connectivity index (χ0v) is 15.0. The Bertz CT molecular complexity index is 791. The first-order valence-corrected chi connectivity index (χ1v) is 9.13. The van der Waals surface area contributed by atoms with E-state index in [1.807, 2.05) is 6.07 Å². The average molecular weight is 372 g/mol. The van der Waals surface area contributed by atoms with Crippen LogP contribution in [0, 0.1) is 17.6 Å². The highest BCUT2D eigenvalue weighted by Crippen LogP contribution is 2.24. The normalized spacial score (nSPS) is 16.8. The highest BCUT2D eigenvalue weighted by molar-refractivity contribution is 6.39. The zero-order chi connectivity index (χ0) is 19.2. The van der Waals surface area contributed by atoms with Crippen LogP contribution < -0.4 is 5.32 Å². The third-order valence-corrected chi connectivity index (χ3v) is 4.90. The van der Waals surface area contributed by atoms with Crippen LogP contribution in [0.5, 0.6) is 0 Å². The van der Waals surface area contributed by atoms with Gasteiger partial charge in [-0.3, -0.25) is 9.59 Å². The number of anilines is 1. The number of carbonyl (C=O) groups excluding carboxylic acids is 2. The van der Waals surface area contributed by atoms with Crippen molar-refractivity contribution < 1.29 is 18.4 Å². The van der Waals surface area contributed by atoms with Crippen molar-refractivity contribution in [1.29, 1.82) is 0 Å². The fourth-order valence-corrected chi connectivity index (χ4v) is 3.45. The number of nitrogens with zero attached hydrogens (tertiary/aromatic N) is 1. The van der Waals surface area contributed by atoms with Crippen molar-refractivity contribution in [3.05, 3.63) is 65.7 Å². The molecule has 0 unspecified atom stereocenters. The molecule has 27 heavy (non-hydrogen) atoms. The molecule has 2 aromatic carbocycles. The fourth-order valence-electron chi connectivity index (χ4n) is 3.45. The highest BCUT2D eigenvalue weighted by atomic mass is 19.1. The molecular weight excluding hydrogens is 350 g/mol. The second-order valence-corrected chi connectivity index (χ2v) is 6.82. The smallest absolute Gasteiger partial charge is 0.313 e. The number of carbonyl (C=O) groups is 2. The van der Waals surface area contributed by atoms with Gasteiger partial charge in [-0.05, 0) is 55.9 Å². The van der Waals surface area contributed by atoms with E-state index < -0.39 is 23.4 Å². The lowest BCUT2D eigenvalue weighted by Crippen LogP contribution is -2.45. The van der Waals surface area contributed by atoms with Gasteiger partial charge in [-0.2, -0.15) is 0 Å². The third-order valence-electron chi connectivity index (χ3n) is 4.90. The molecule has 0 bridgehead atoms. The number of rotatable bonds is 4. The van der Waals surface area contributed by atoms with Crippen LogP contribution in [0.2, 0.25) is 0 Å². The number of benzene rings is 2. The van der Waals surface area contributed by atoms with Crippen molar-refractivity contribution in [2.24, 2.45) is 5.92 Å². The van der Waals surface area contributed by atoms with Gasteiger partial charge < -0.3 is 10.2 Å². The van der Waals surface area contributed by atoms with Gasteiger partial charge in [0, 0.05) is 24.3 Å². The van der Waals surface area contributed by atoms with E-state index in [-0.39, 0.29) is 17.9 Å². The SMILES string of the molecule is O=C(Nc1ccccc1)C(=O)N1CCC[C@@H](CCc2c(F)cccc2F)C1. The van der Waals surface area contributed by atoms with Gasteiger partial charge in [-0.15, -0.1) is 0 Å². The van der Waals surface area contributed by atoms with Crippen LogP contribution in [0.4, 0.5) is 14.5 Å². The lowest BCUT2D eigenvalue weighted by molar-refractivity contribution is -0.144. The summed E-state index contributed by atoms with van der Waals surface area (Å²) in [6, 6.07) is 12.7. The van der Waals surface area contributed by atoms with Crippen molar-refractivity contribution in [3.63, 3.8) is 0 Å². The van der Waals surface area contributed by atoms with Crippen LogP contribution in [0.25, 0.3) is 0 Å². The lowest BCUT2D eigenvalue weighted by Gasteiger charge is -2.32. The van der Waals surface area contributed by atoms with Crippen molar-refractivity contribution in [3.8, 4) is 0 Å². The predicted octanol–water partition coefficient (Wildman–Crippen LogP) is 3.77. The van der Waals surface area contributed by atoms with Gasteiger partial charge in [-0.1, -0.05) is 24.3 Å². The van der Waals surface area contributed by atoms with E-state index >= 15 is 0 Å². The van der Waals surface area contributed by atoms with Gasteiger partial charge in [0.2, 0.25) is 0 Å². The molecule has 1 aliphatic rings. The molecule has 1 saturated heterocycles. The summed E-state index contributed by atoms with van der Waals surface area (Å²) in [5, 5.41) is 2.60. The van der Waals surface area contributed by atoms with E-state index in [9.17, 15) is 18.4 Å². The summed E-state index contributed by atoms with van der Waals surface area (Å²) in [7, 11) is 0. The molecule has 4 nitrogen and oxygen atoms in total. The molecule has 1 aliphatic heterocycles. The second kappa shape index (κ2) is 8.75. The van der Waals surface area contributed by atoms with Crippen molar-refractivity contribution in [2.75, 3.05) is 18.4 Å². The molecule has 0 aromatic heterocycles. The number of hydrogen-bond acceptors (Lipinski definition) is 2. The Morgan fingerprint density at radius 3 is 2.44 bits per heavy atom. The molecule has 2 amide bonds. The van der Waals surface area contributed by atoms with Gasteiger partial charge in [0.15, 0.2) is 0 Å². The number of halogens is 2. The minimum absolute atomic E-state index is 0.0859. The molecule has 6 heteroatoms. The lowest BCUT2D eigenvalue weighted by atomic mass is 9.91. The predicted molar refractivity (Wildman–Crippen MR) is 99.1 cm³/mol. The first-order chi connectivity index (χ1) is 13.0. The number of amides is 2. The minimum Gasteiger partial charge on any atom is -0.334 e. The monoisotopic (exact) mass is 372 g/mol. The van der Waals surface area contributed by atoms with E-state index in [0.29, 0.717) is 25.2 Å². The molecule has 1 N–H and O–H groups in total. The standard InChI is InChI=1S/C21H22F2N2O2/c22-18-9-4-10-19(23)17(18)12-11-15-6-5-13-25(14-15)21(27)20(26)24-16-7-2-1-3-8-16/h1-4,7-10,15H,5-6,11-14H2,(H,24,26)/t15-/m0/s1. The average Bonchev–Trinajstić information content (AvgIpc) is 2.68. The first-order valence-electron chi connectivity index (χ1n) is 9.13. The maximum Gasteiger partial charge on any atom is 0.313 e. The Morgan fingerprint density at radius 2 is 1.74 bits per heavy atom. The Balaban J connectivity index is 1.55. The molecule has 1 fully saturated rings. The Hall–Kier alpha value is -2.76. The molecule has 0 radical (unpaired) electrons. The maximum absolute atomic E-state index is 13.8. The van der Waals surface area contributed by atoms with E-state index in [2.05, 4.69) is 5.32 Å². The van der Waals surface area contributed by atoms with E-state index in [0.717, 1.165) is 12.8 Å². The molecular formula is C21H22F2N2O2. The molecule has 1 atom stereocenters. The minimum atomic E-state index is -0.665. The van der Waals surface area contributed by atoms with Gasteiger partial charge in [0.05, 0.1) is 0 Å². The number of para-hydroxylation sites is 1. The molecule has 0 spiro atoms. The number of hydrogen-bond donors (Lipinski definition) is 1. The maximum atomic E-state index is 13.8. The molecule has 2 aromatic rings. The Morgan fingerprint density at radius 1 is 1.04 bits per heavy atom. The fraction of sp³-hybridized carbons (Fsp3) is 0.333. The van der Waals surface area contributed by atoms with Crippen LogP contribution >= 0.6 is 0 Å². The topological polar surface area (TPSA) is 49.4 Å². The number of nitrogens with one attached hydrogen (secondary N) is 1. The van der Waals surface area contributed by atoms with E-state index in [4.69, 9.17) is 0 Å². The van der Waals surface area contributed by atoms with Gasteiger partial charge in [0.25, 0.3) is 0 Å². The summed E-state index contributed by atoms with van der Waals surface area (Å²) in [5.41, 5.74) is 0.655. The van der Waals surface area contributed by atoms with Crippen LogP contribution in [0.1, 0.15) is 24.8 Å². The van der Waals surface area contributed by atoms with Crippen molar-refractivity contribution >= 4 is 17.5 Å². The molecule has 3 rings (SSSR count). The summed E-state index contributed by atoms with van der Waals surface area (Å²) in [5.74, 6) is -2.20. The summed E-state index contributed by atoms with van der Waals surface area (Å²) >= 11 is 0. The molecule has 142 valence electrons. The first kappa shape index (κ1) is 19.0. The van der Waals surface area contributed by atoms with Gasteiger partial charge in [-0.25, -0.2) is 8.78 Å². The summed E-state index contributed by atoms with van der Waals surface area (Å²) in [4.78, 5) is 26.1. The summed E-state index contributed by atoms with van der Waals surface area (Å²) in [6.07, 6.45) is 2.50. The van der Waals surface area contributed by atoms with Crippen LogP contribution in [0.15, 0.2) is 48.5 Å². The zero-order valence-electron chi connectivity index (χ0n) is 15.0. The summed E-state index contributed by atoms with van der Waals surface area (Å²) in [6.45, 7) is 0.947. The van der Waals surface area contributed by atoms with E-state index in [1.54, 1.807) is 24.3 Å². The molecule has 0 aliphatic carbocycles. The van der Waals surface area contributed by atoms with Crippen LogP contribution in [0.3, 0.4) is 0 Å². The van der Waals surface area contributed by atoms with Crippen LogP contribution in [-0.2, 0) is 16.0 Å². The largest absolute Gasteiger partial charge is 0.334 e. The number of piperidine rings is 1. The van der Waals surface area contributed by atoms with Crippen molar-refractivity contribution in [2.45, 2.75) is 25.7 Å². The number of likely N-dealkylation sites (tertiary alicyclic amines) is 1. The van der Waals surface area contributed by atoms with Crippen LogP contribution in [-0.4, -0.2) is 29.8 Å². The quantitative estimate of drug-likeness (QED) is 0.831. The second-order valence-electron chi connectivity index (χ2n) is 6.82. The van der Waals surface area contributed by atoms with Gasteiger partial charge >= 0.3 is 11.8 Å². The van der Waals surface area contributed by atoms with E-state index in [1.165, 1.54) is 23.1 Å². The third kappa shape index (κ3) is 4.90. The Labute approximate surface area is 157 Å². The molecule has 0 saturated carbocycles. The van der Waals surface area contributed by atoms with Gasteiger partial charge in [0.1, 0.15) is 11.6 Å². The summed E-state index contributed by atoms with van der Waals surface area (Å²) < 4.78 is 27.5. The highest BCUT2D eigenvalue weighted by Gasteiger charge is 2.28.